The molecule has 0 saturated heterocycles. The third-order valence-corrected chi connectivity index (χ3v) is 4.99. The second kappa shape index (κ2) is 15.8. The van der Waals surface area contributed by atoms with E-state index in [1.54, 1.807) is 42.6 Å². The van der Waals surface area contributed by atoms with Crippen molar-refractivity contribution >= 4 is 41.0 Å². The number of alkyl halides is 6. The van der Waals surface area contributed by atoms with E-state index in [4.69, 9.17) is 5.11 Å². The number of carbonyl (C=O) groups excluding carboxylic acids is 4. The highest BCUT2D eigenvalue weighted by Crippen LogP contribution is 2.24. The fourth-order valence-electron chi connectivity index (χ4n) is 3.13. The van der Waals surface area contributed by atoms with E-state index in [2.05, 4.69) is 31.2 Å². The van der Waals surface area contributed by atoms with Crippen LogP contribution in [0.1, 0.15) is 35.8 Å². The van der Waals surface area contributed by atoms with Gasteiger partial charge in [-0.2, -0.15) is 26.3 Å². The molecule has 5 N–H and O–H groups in total. The van der Waals surface area contributed by atoms with Crippen LogP contribution in [0, 0.1) is 0 Å². The lowest BCUT2D eigenvalue weighted by molar-refractivity contribution is -0.193. The molecule has 2 aromatic rings. The smallest absolute Gasteiger partial charge is 0.458 e. The lowest BCUT2D eigenvalue weighted by Crippen LogP contribution is -2.39. The van der Waals surface area contributed by atoms with Crippen molar-refractivity contribution in [2.45, 2.75) is 32.2 Å². The van der Waals surface area contributed by atoms with Crippen molar-refractivity contribution in [3.63, 3.8) is 0 Å². The first-order valence-corrected chi connectivity index (χ1v) is 11.6. The molecule has 43 heavy (non-hydrogen) atoms. The van der Waals surface area contributed by atoms with E-state index in [1.165, 1.54) is 6.20 Å². The zero-order chi connectivity index (χ0) is 31.5. The maximum Gasteiger partial charge on any atom is 0.458 e. The number of aliphatic imine (C=N–C) groups is 1. The standard InChI is InChI=1S/C20H22N6O4.C4F6O2.CH4/c27-17(26-16(10-18(28)29)14-4-2-6-21-11-14)12-24-19(30)13-3-1-5-15(9-13)25-20-22-7-8-23-20;5-3(6,7)1(11)2(12)4(8,9)10;/h1-6,9,11,16H,7-8,10,12H2,(H,24,30)(H,26,27)(H,28,29)(H2,22,23,25);;1H4. The van der Waals surface area contributed by atoms with Gasteiger partial charge < -0.3 is 26.4 Å². The molecule has 12 nitrogen and oxygen atoms in total. The molecule has 0 fully saturated rings. The summed E-state index contributed by atoms with van der Waals surface area (Å²) in [6.07, 6.45) is -8.79. The molecule has 0 radical (unpaired) electrons. The summed E-state index contributed by atoms with van der Waals surface area (Å²) in [5, 5.41) is 20.4. The number of guanidine groups is 1. The molecule has 234 valence electrons. The van der Waals surface area contributed by atoms with Gasteiger partial charge in [-0.1, -0.05) is 19.6 Å². The van der Waals surface area contributed by atoms with Gasteiger partial charge in [-0.3, -0.25) is 33.9 Å². The van der Waals surface area contributed by atoms with Crippen LogP contribution >= 0.6 is 0 Å². The van der Waals surface area contributed by atoms with Crippen molar-refractivity contribution in [2.24, 2.45) is 4.99 Å². The number of Topliss-reactive ketones (excluding diaryl/α,β-unsaturated/α-hetero) is 2. The number of rotatable bonds is 9. The SMILES string of the molecule is C.O=C(C(=O)C(F)(F)F)C(F)(F)F.O=C(O)CC(NC(=O)CNC(=O)c1cccc(NC2=NCCN2)c1)c1cccnc1. The van der Waals surface area contributed by atoms with E-state index in [0.717, 1.165) is 6.54 Å². The monoisotopic (exact) mass is 620 g/mol. The molecule has 1 aliphatic rings. The lowest BCUT2D eigenvalue weighted by Gasteiger charge is -2.17. The maximum absolute atomic E-state index is 12.4. The maximum atomic E-state index is 12.4. The van der Waals surface area contributed by atoms with Gasteiger partial charge in [0.05, 0.1) is 25.6 Å². The van der Waals surface area contributed by atoms with Crippen LogP contribution in [0.4, 0.5) is 32.0 Å². The van der Waals surface area contributed by atoms with Crippen LogP contribution in [-0.2, 0) is 19.2 Å². The van der Waals surface area contributed by atoms with E-state index in [0.29, 0.717) is 29.3 Å². The van der Waals surface area contributed by atoms with E-state index < -0.39 is 47.7 Å². The second-order valence-electron chi connectivity index (χ2n) is 8.20. The number of hydrogen-bond acceptors (Lipinski definition) is 9. The van der Waals surface area contributed by atoms with Crippen LogP contribution in [0.25, 0.3) is 0 Å². The minimum atomic E-state index is -5.77. The van der Waals surface area contributed by atoms with Crippen molar-refractivity contribution in [1.29, 1.82) is 0 Å². The van der Waals surface area contributed by atoms with E-state index in [9.17, 15) is 50.3 Å². The van der Waals surface area contributed by atoms with Gasteiger partial charge in [0.1, 0.15) is 0 Å². The number of aliphatic carboxylic acids is 1. The number of amides is 2. The summed E-state index contributed by atoms with van der Waals surface area (Å²) in [5.41, 5.74) is 1.64. The van der Waals surface area contributed by atoms with Crippen LogP contribution in [-0.4, -0.2) is 77.4 Å². The Hall–Kier alpha value is -5.03. The minimum Gasteiger partial charge on any atom is -0.481 e. The predicted octanol–water partition coefficient (Wildman–Crippen LogP) is 2.40. The molecule has 0 saturated carbocycles. The number of carbonyl (C=O) groups is 5. The highest BCUT2D eigenvalue weighted by atomic mass is 19.4. The van der Waals surface area contributed by atoms with Gasteiger partial charge in [0, 0.05) is 30.2 Å². The van der Waals surface area contributed by atoms with E-state index in [-0.39, 0.29) is 20.4 Å². The summed E-state index contributed by atoms with van der Waals surface area (Å²) in [4.78, 5) is 63.2. The van der Waals surface area contributed by atoms with Crippen LogP contribution in [0.3, 0.4) is 0 Å². The molecule has 0 aliphatic carbocycles. The highest BCUT2D eigenvalue weighted by Gasteiger charge is 2.54. The Labute approximate surface area is 240 Å². The zero-order valence-electron chi connectivity index (χ0n) is 21.2. The Kier molecular flexibility index (Phi) is 13.3. The number of carboxylic acid groups (broad SMARTS) is 1. The molecule has 2 heterocycles. The fourth-order valence-corrected chi connectivity index (χ4v) is 3.13. The van der Waals surface area contributed by atoms with Gasteiger partial charge in [-0.25, -0.2) is 0 Å². The fraction of sp³-hybridized carbons (Fsp3) is 0.320. The summed E-state index contributed by atoms with van der Waals surface area (Å²) in [6, 6.07) is 9.40. The van der Waals surface area contributed by atoms with Gasteiger partial charge in [0.25, 0.3) is 5.91 Å². The normalized spacial score (nSPS) is 13.0. The number of aromatic nitrogens is 1. The van der Waals surface area contributed by atoms with E-state index in [1.807, 2.05) is 0 Å². The largest absolute Gasteiger partial charge is 0.481 e. The minimum absolute atomic E-state index is 0. The van der Waals surface area contributed by atoms with Crippen LogP contribution in [0.15, 0.2) is 53.8 Å². The molecule has 18 heteroatoms. The zero-order valence-corrected chi connectivity index (χ0v) is 21.2. The van der Waals surface area contributed by atoms with Crippen molar-refractivity contribution in [3.8, 4) is 0 Å². The van der Waals surface area contributed by atoms with Crippen LogP contribution in [0.2, 0.25) is 0 Å². The molecule has 1 aromatic carbocycles. The molecule has 1 unspecified atom stereocenters. The molecule has 1 aliphatic heterocycles. The third kappa shape index (κ3) is 12.2. The summed E-state index contributed by atoms with van der Waals surface area (Å²) in [7, 11) is 0. The summed E-state index contributed by atoms with van der Waals surface area (Å²) in [6.45, 7) is 1.17. The van der Waals surface area contributed by atoms with Gasteiger partial charge in [-0.15, -0.1) is 0 Å². The lowest BCUT2D eigenvalue weighted by atomic mass is 10.1. The van der Waals surface area contributed by atoms with Crippen molar-refractivity contribution in [3.05, 3.63) is 59.9 Å². The summed E-state index contributed by atoms with van der Waals surface area (Å²) in [5.74, 6) is -8.15. The number of carboxylic acids is 1. The quantitative estimate of drug-likeness (QED) is 0.208. The molecule has 2 amide bonds. The average Bonchev–Trinajstić information content (AvgIpc) is 3.43. The second-order valence-corrected chi connectivity index (χ2v) is 8.20. The Morgan fingerprint density at radius 1 is 0.977 bits per heavy atom. The van der Waals surface area contributed by atoms with Crippen LogP contribution < -0.4 is 21.3 Å². The van der Waals surface area contributed by atoms with Gasteiger partial charge in [-0.05, 0) is 29.8 Å². The number of benzene rings is 1. The van der Waals surface area contributed by atoms with E-state index >= 15 is 0 Å². The summed E-state index contributed by atoms with van der Waals surface area (Å²) >= 11 is 0. The highest BCUT2D eigenvalue weighted by molar-refractivity contribution is 6.41. The number of nitrogens with one attached hydrogen (secondary N) is 4. The number of pyridine rings is 1. The predicted molar refractivity (Wildman–Crippen MR) is 139 cm³/mol. The number of anilines is 1. The number of ketones is 2. The topological polar surface area (TPSA) is 179 Å². The van der Waals surface area contributed by atoms with Gasteiger partial charge >= 0.3 is 29.9 Å². The van der Waals surface area contributed by atoms with Crippen molar-refractivity contribution in [1.82, 2.24) is 20.9 Å². The number of hydrogen-bond donors (Lipinski definition) is 5. The first-order valence-electron chi connectivity index (χ1n) is 11.6. The molecule has 1 aromatic heterocycles. The average molecular weight is 621 g/mol. The van der Waals surface area contributed by atoms with Crippen molar-refractivity contribution < 1.29 is 55.4 Å². The van der Waals surface area contributed by atoms with Crippen LogP contribution in [0.5, 0.6) is 0 Å². The molecular formula is C25H26F6N6O6. The van der Waals surface area contributed by atoms with Gasteiger partial charge in [0.2, 0.25) is 5.91 Å². The molecule has 0 spiro atoms. The summed E-state index contributed by atoms with van der Waals surface area (Å²) < 4.78 is 67.0. The first-order chi connectivity index (χ1) is 19.6. The molecule has 0 bridgehead atoms. The third-order valence-electron chi connectivity index (χ3n) is 4.99. The Balaban J connectivity index is 0.000000606. The first kappa shape index (κ1) is 36.0. The molecule has 3 rings (SSSR count). The van der Waals surface area contributed by atoms with Gasteiger partial charge in [0.15, 0.2) is 5.96 Å². The Morgan fingerprint density at radius 2 is 1.63 bits per heavy atom. The Bertz CT molecular complexity index is 1310. The number of nitrogens with zero attached hydrogens (tertiary/aromatic N) is 2. The molecular weight excluding hydrogens is 594 g/mol. The Morgan fingerprint density at radius 3 is 2.14 bits per heavy atom. The number of halogens is 6. The van der Waals surface area contributed by atoms with Crippen molar-refractivity contribution in [2.75, 3.05) is 25.0 Å². The molecule has 1 atom stereocenters.